The van der Waals surface area contributed by atoms with Crippen molar-refractivity contribution in [3.63, 3.8) is 0 Å². The minimum atomic E-state index is -1.88. The van der Waals surface area contributed by atoms with E-state index in [1.54, 1.807) is 0 Å². The van der Waals surface area contributed by atoms with Crippen LogP contribution >= 0.6 is 0 Å². The highest BCUT2D eigenvalue weighted by Gasteiger charge is 2.23. The van der Waals surface area contributed by atoms with E-state index in [4.69, 9.17) is 10.7 Å². The fourth-order valence-corrected chi connectivity index (χ4v) is 4.66. The number of pyridine rings is 1. The maximum absolute atomic E-state index is 13.6. The van der Waals surface area contributed by atoms with E-state index in [0.717, 1.165) is 47.9 Å². The van der Waals surface area contributed by atoms with Gasteiger partial charge in [0.05, 0.1) is 11.0 Å². The Morgan fingerprint density at radius 1 is 0.932 bits per heavy atom. The van der Waals surface area contributed by atoms with Gasteiger partial charge in [0.15, 0.2) is 17.5 Å². The second-order valence-electron chi connectivity index (χ2n) is 10.1. The second kappa shape index (κ2) is 14.6. The smallest absolute Gasteiger partial charge is 0.331 e. The van der Waals surface area contributed by atoms with E-state index in [-0.39, 0.29) is 24.8 Å². The number of aromatic nitrogens is 3. The molecule has 0 saturated carbocycles. The summed E-state index contributed by atoms with van der Waals surface area (Å²) in [5.74, 6) is -9.95. The number of nitrogens with one attached hydrogen (secondary N) is 2. The van der Waals surface area contributed by atoms with E-state index < -0.39 is 47.4 Å². The fraction of sp³-hybridized carbons (Fsp3) is 0.367. The maximum Gasteiger partial charge on any atom is 0.331 e. The van der Waals surface area contributed by atoms with Crippen molar-refractivity contribution in [3.05, 3.63) is 59.4 Å². The van der Waals surface area contributed by atoms with Gasteiger partial charge in [-0.05, 0) is 25.3 Å². The van der Waals surface area contributed by atoms with Gasteiger partial charge in [0.2, 0.25) is 29.2 Å². The number of amides is 2. The molecule has 2 aromatic heterocycles. The molecule has 0 bridgehead atoms. The van der Waals surface area contributed by atoms with Crippen molar-refractivity contribution in [3.8, 4) is 5.75 Å². The number of anilines is 1. The van der Waals surface area contributed by atoms with E-state index in [0.29, 0.717) is 30.8 Å². The number of fused-ring (bicyclic) bond motifs is 3. The average Bonchev–Trinajstić information content (AvgIpc) is 3.38. The molecule has 4 rings (SSSR count). The first-order chi connectivity index (χ1) is 21.1. The molecule has 4 N–H and O–H groups in total. The number of ether oxygens (including phenoxy) is 1. The Hall–Kier alpha value is -4.75. The Labute approximate surface area is 250 Å². The second-order valence-corrected chi connectivity index (χ2v) is 10.1. The lowest BCUT2D eigenvalue weighted by molar-refractivity contribution is -0.136. The highest BCUT2D eigenvalue weighted by Crippen LogP contribution is 2.30. The molecule has 10 nitrogen and oxygen atoms in total. The van der Waals surface area contributed by atoms with Crippen LogP contribution in [0.2, 0.25) is 0 Å². The van der Waals surface area contributed by atoms with Crippen LogP contribution in [0.15, 0.2) is 30.3 Å². The van der Waals surface area contributed by atoms with E-state index >= 15 is 0 Å². The number of nitrogen functional groups attached to an aromatic ring is 1. The summed E-state index contributed by atoms with van der Waals surface area (Å²) in [5.41, 5.74) is 8.65. The minimum Gasteiger partial charge on any atom is -0.419 e. The summed E-state index contributed by atoms with van der Waals surface area (Å²) in [6.07, 6.45) is 3.73. The van der Waals surface area contributed by atoms with Gasteiger partial charge in [-0.25, -0.2) is 23.5 Å². The van der Waals surface area contributed by atoms with Crippen molar-refractivity contribution >= 4 is 45.5 Å². The van der Waals surface area contributed by atoms with Crippen molar-refractivity contribution in [1.82, 2.24) is 25.2 Å². The van der Waals surface area contributed by atoms with Gasteiger partial charge in [0.25, 0.3) is 0 Å². The Morgan fingerprint density at radius 2 is 1.61 bits per heavy atom. The van der Waals surface area contributed by atoms with Gasteiger partial charge < -0.3 is 25.7 Å². The van der Waals surface area contributed by atoms with Crippen molar-refractivity contribution in [2.24, 2.45) is 0 Å². The third kappa shape index (κ3) is 7.60. The number of imidazole rings is 1. The Balaban J connectivity index is 1.22. The largest absolute Gasteiger partial charge is 0.419 e. The number of carbonyl (C=O) groups excluding carboxylic acids is 3. The zero-order chi connectivity index (χ0) is 31.8. The predicted molar refractivity (Wildman–Crippen MR) is 154 cm³/mol. The quantitative estimate of drug-likeness (QED) is 0.0625. The van der Waals surface area contributed by atoms with E-state index in [2.05, 4.69) is 31.8 Å². The zero-order valence-electron chi connectivity index (χ0n) is 24.0. The number of benzene rings is 2. The van der Waals surface area contributed by atoms with Gasteiger partial charge in [-0.15, -0.1) is 0 Å². The van der Waals surface area contributed by atoms with Crippen LogP contribution in [0.1, 0.15) is 51.3 Å². The molecular weight excluding hydrogens is 584 g/mol. The number of unbranched alkanes of at least 4 members (excludes halogenated alkanes) is 2. The van der Waals surface area contributed by atoms with Crippen LogP contribution in [-0.2, 0) is 27.3 Å². The lowest BCUT2D eigenvalue weighted by Crippen LogP contribution is -2.33. The third-order valence-electron chi connectivity index (χ3n) is 6.87. The molecule has 0 spiro atoms. The molecule has 234 valence electrons. The van der Waals surface area contributed by atoms with Crippen molar-refractivity contribution in [1.29, 1.82) is 0 Å². The van der Waals surface area contributed by atoms with Crippen LogP contribution in [0.4, 0.5) is 23.4 Å². The van der Waals surface area contributed by atoms with Gasteiger partial charge in [0, 0.05) is 43.8 Å². The highest BCUT2D eigenvalue weighted by atomic mass is 19.2. The monoisotopic (exact) mass is 616 g/mol. The number of aryl methyl sites for hydroxylation is 2. The summed E-state index contributed by atoms with van der Waals surface area (Å²) in [6.45, 7) is 2.31. The molecule has 0 radical (unpaired) electrons. The molecule has 0 unspecified atom stereocenters. The number of rotatable bonds is 14. The van der Waals surface area contributed by atoms with E-state index in [1.807, 2.05) is 24.3 Å². The van der Waals surface area contributed by atoms with Gasteiger partial charge in [-0.1, -0.05) is 31.5 Å². The van der Waals surface area contributed by atoms with Crippen molar-refractivity contribution < 1.29 is 36.7 Å². The molecule has 0 aliphatic carbocycles. The lowest BCUT2D eigenvalue weighted by atomic mass is 10.2. The number of esters is 1. The summed E-state index contributed by atoms with van der Waals surface area (Å²) in [4.78, 5) is 45.3. The molecule has 2 aromatic carbocycles. The van der Waals surface area contributed by atoms with Crippen molar-refractivity contribution in [2.75, 3.05) is 18.8 Å². The first kappa shape index (κ1) is 32.2. The first-order valence-corrected chi connectivity index (χ1v) is 14.2. The van der Waals surface area contributed by atoms with E-state index in [9.17, 15) is 31.9 Å². The summed E-state index contributed by atoms with van der Waals surface area (Å²) in [5, 5.41) is 5.83. The predicted octanol–water partition coefficient (Wildman–Crippen LogP) is 4.46. The number of carbonyl (C=O) groups is 3. The van der Waals surface area contributed by atoms with Crippen LogP contribution < -0.4 is 21.1 Å². The minimum absolute atomic E-state index is 0.0309. The molecule has 14 heteroatoms. The summed E-state index contributed by atoms with van der Waals surface area (Å²) in [6, 6.07) is 7.73. The Kier molecular flexibility index (Phi) is 10.7. The Morgan fingerprint density at radius 3 is 2.32 bits per heavy atom. The van der Waals surface area contributed by atoms with Crippen LogP contribution in [0, 0.1) is 23.3 Å². The number of halogens is 4. The van der Waals surface area contributed by atoms with Crippen LogP contribution in [0.3, 0.4) is 0 Å². The summed E-state index contributed by atoms with van der Waals surface area (Å²) < 4.78 is 60.2. The average molecular weight is 617 g/mol. The fourth-order valence-electron chi connectivity index (χ4n) is 4.66. The Bertz CT molecular complexity index is 1670. The molecule has 2 amide bonds. The maximum atomic E-state index is 13.6. The lowest BCUT2D eigenvalue weighted by Gasteiger charge is -2.11. The molecule has 0 fully saturated rings. The number of hydrogen-bond acceptors (Lipinski definition) is 7. The number of para-hydroxylation sites is 1. The SMILES string of the molecule is CCCCc1nc2c(N)nc3ccccc3c2n1CCCCNC(=O)CCC(=O)NCC(=O)Oc1c(F)c(F)cc(F)c1F. The highest BCUT2D eigenvalue weighted by molar-refractivity contribution is 6.06. The number of nitrogens with two attached hydrogens (primary N) is 1. The molecular formula is C30H32F4N6O4. The molecule has 0 aliphatic rings. The van der Waals surface area contributed by atoms with Crippen LogP contribution in [0.25, 0.3) is 21.9 Å². The number of hydrogen-bond donors (Lipinski definition) is 3. The molecule has 0 aliphatic heterocycles. The summed E-state index contributed by atoms with van der Waals surface area (Å²) >= 11 is 0. The molecule has 2 heterocycles. The van der Waals surface area contributed by atoms with Crippen LogP contribution in [-0.4, -0.2) is 45.4 Å². The van der Waals surface area contributed by atoms with Gasteiger partial charge in [0.1, 0.15) is 17.9 Å². The number of nitrogens with zero attached hydrogens (tertiary/aromatic N) is 3. The first-order valence-electron chi connectivity index (χ1n) is 14.2. The zero-order valence-corrected chi connectivity index (χ0v) is 24.0. The molecule has 0 atom stereocenters. The molecule has 44 heavy (non-hydrogen) atoms. The van der Waals surface area contributed by atoms with Crippen LogP contribution in [0.5, 0.6) is 5.75 Å². The summed E-state index contributed by atoms with van der Waals surface area (Å²) in [7, 11) is 0. The standard InChI is InChI=1S/C30H32F4N6O4/c1-2-3-10-21-39-27-28(17-8-4-5-9-20(17)38-30(27)35)40(21)14-7-6-13-36-22(41)11-12-23(42)37-16-24(43)44-29-25(33)18(31)15-19(32)26(29)34/h4-5,8-9,15H,2-3,6-7,10-14,16H2,1H3,(H2,35,38)(H,36,41)(H,37,42). The topological polar surface area (TPSA) is 141 Å². The normalized spacial score (nSPS) is 11.2. The van der Waals surface area contributed by atoms with Crippen molar-refractivity contribution in [2.45, 2.75) is 58.4 Å². The van der Waals surface area contributed by atoms with E-state index in [1.165, 1.54) is 0 Å². The third-order valence-corrected chi connectivity index (χ3v) is 6.87. The molecule has 4 aromatic rings. The molecule has 0 saturated heterocycles. The van der Waals surface area contributed by atoms with Gasteiger partial charge >= 0.3 is 5.97 Å². The van der Waals surface area contributed by atoms with Gasteiger partial charge in [-0.3, -0.25) is 9.59 Å². The van der Waals surface area contributed by atoms with Gasteiger partial charge in [-0.2, -0.15) is 8.78 Å².